The van der Waals surface area contributed by atoms with Gasteiger partial charge in [-0.05, 0) is 62.3 Å². The Morgan fingerprint density at radius 1 is 1.13 bits per heavy atom. The molecule has 2 heterocycles. The molecule has 31 heavy (non-hydrogen) atoms. The predicted molar refractivity (Wildman–Crippen MR) is 122 cm³/mol. The van der Waals surface area contributed by atoms with Gasteiger partial charge in [0.15, 0.2) is 10.6 Å². The first-order chi connectivity index (χ1) is 15.0. The van der Waals surface area contributed by atoms with Crippen molar-refractivity contribution in [2.75, 3.05) is 18.4 Å². The van der Waals surface area contributed by atoms with Gasteiger partial charge in [0.1, 0.15) is 0 Å². The second kappa shape index (κ2) is 9.26. The Labute approximate surface area is 186 Å². The van der Waals surface area contributed by atoms with Crippen LogP contribution in [0.1, 0.15) is 35.2 Å². The number of nitrogens with zero attached hydrogens (tertiary/aromatic N) is 3. The number of carbonyl (C=O) groups excluding carboxylic acids is 2. The number of anilines is 1. The summed E-state index contributed by atoms with van der Waals surface area (Å²) in [5, 5.41) is 10.0. The van der Waals surface area contributed by atoms with Crippen molar-refractivity contribution in [3.8, 4) is 11.4 Å². The van der Waals surface area contributed by atoms with Crippen molar-refractivity contribution in [1.82, 2.24) is 19.7 Å². The number of H-pyrrole nitrogens is 1. The van der Waals surface area contributed by atoms with Gasteiger partial charge in [-0.15, -0.1) is 0 Å². The van der Waals surface area contributed by atoms with Crippen LogP contribution >= 0.6 is 12.2 Å². The number of aromatic nitrogens is 3. The molecule has 1 aliphatic rings. The number of carbonyl (C=O) groups is 2. The van der Waals surface area contributed by atoms with Gasteiger partial charge in [0.25, 0.3) is 5.91 Å². The van der Waals surface area contributed by atoms with Crippen LogP contribution in [0.3, 0.4) is 0 Å². The molecule has 2 N–H and O–H groups in total. The third-order valence-electron chi connectivity index (χ3n) is 5.41. The standard InChI is InChI=1S/C23H25N5O2S/c1-16-5-4-6-18(15-16)21-25-26-23(31)28(21)14-11-20(29)24-19-9-7-17(8-10-19)22(30)27-12-2-3-13-27/h4-10,15H,2-3,11-14H2,1H3,(H,24,29)(H,26,31). The molecule has 0 saturated carbocycles. The summed E-state index contributed by atoms with van der Waals surface area (Å²) in [6, 6.07) is 15.1. The molecule has 4 rings (SSSR count). The van der Waals surface area contributed by atoms with E-state index in [0.29, 0.717) is 28.4 Å². The highest BCUT2D eigenvalue weighted by Crippen LogP contribution is 2.19. The third-order valence-corrected chi connectivity index (χ3v) is 5.72. The van der Waals surface area contributed by atoms with E-state index in [1.54, 1.807) is 24.3 Å². The molecule has 0 atom stereocenters. The van der Waals surface area contributed by atoms with Gasteiger partial charge in [0.2, 0.25) is 5.91 Å². The quantitative estimate of drug-likeness (QED) is 0.569. The minimum absolute atomic E-state index is 0.0494. The van der Waals surface area contributed by atoms with E-state index >= 15 is 0 Å². The Balaban J connectivity index is 1.37. The van der Waals surface area contributed by atoms with Gasteiger partial charge in [0.05, 0.1) is 0 Å². The van der Waals surface area contributed by atoms with Crippen LogP contribution in [-0.4, -0.2) is 44.6 Å². The van der Waals surface area contributed by atoms with Crippen LogP contribution in [0.4, 0.5) is 5.69 Å². The van der Waals surface area contributed by atoms with Crippen LogP contribution in [0.15, 0.2) is 48.5 Å². The van der Waals surface area contributed by atoms with Crippen LogP contribution in [0.2, 0.25) is 0 Å². The number of aryl methyl sites for hydroxylation is 1. The van der Waals surface area contributed by atoms with Gasteiger partial charge >= 0.3 is 0 Å². The van der Waals surface area contributed by atoms with Crippen LogP contribution in [0.5, 0.6) is 0 Å². The molecule has 7 nitrogen and oxygen atoms in total. The fourth-order valence-corrected chi connectivity index (χ4v) is 3.99. The van der Waals surface area contributed by atoms with E-state index in [9.17, 15) is 9.59 Å². The Hall–Kier alpha value is -3.26. The van der Waals surface area contributed by atoms with Crippen molar-refractivity contribution in [3.05, 3.63) is 64.4 Å². The number of aromatic amines is 1. The second-order valence-electron chi connectivity index (χ2n) is 7.75. The number of rotatable bonds is 6. The van der Waals surface area contributed by atoms with E-state index in [0.717, 1.165) is 37.1 Å². The van der Waals surface area contributed by atoms with Crippen molar-refractivity contribution in [2.45, 2.75) is 32.7 Å². The van der Waals surface area contributed by atoms with Gasteiger partial charge in [-0.3, -0.25) is 19.3 Å². The zero-order valence-electron chi connectivity index (χ0n) is 17.4. The zero-order chi connectivity index (χ0) is 21.8. The SMILES string of the molecule is Cc1cccc(-c2n[nH]c(=S)n2CCC(=O)Nc2ccc(C(=O)N3CCCC3)cc2)c1. The highest BCUT2D eigenvalue weighted by Gasteiger charge is 2.19. The maximum atomic E-state index is 12.5. The number of hydrogen-bond donors (Lipinski definition) is 2. The lowest BCUT2D eigenvalue weighted by Crippen LogP contribution is -2.27. The molecule has 0 unspecified atom stereocenters. The molecule has 8 heteroatoms. The first kappa shape index (κ1) is 21.0. The summed E-state index contributed by atoms with van der Waals surface area (Å²) in [6.07, 6.45) is 2.37. The van der Waals surface area contributed by atoms with Crippen molar-refractivity contribution < 1.29 is 9.59 Å². The lowest BCUT2D eigenvalue weighted by Gasteiger charge is -2.15. The first-order valence-electron chi connectivity index (χ1n) is 10.4. The Morgan fingerprint density at radius 3 is 2.58 bits per heavy atom. The number of likely N-dealkylation sites (tertiary alicyclic amines) is 1. The van der Waals surface area contributed by atoms with Crippen molar-refractivity contribution in [1.29, 1.82) is 0 Å². The summed E-state index contributed by atoms with van der Waals surface area (Å²) >= 11 is 5.35. The van der Waals surface area contributed by atoms with E-state index in [1.165, 1.54) is 0 Å². The van der Waals surface area contributed by atoms with E-state index in [1.807, 2.05) is 40.7 Å². The molecule has 1 saturated heterocycles. The number of hydrogen-bond acceptors (Lipinski definition) is 4. The molecule has 1 aliphatic heterocycles. The molecule has 2 aromatic carbocycles. The molecule has 0 spiro atoms. The summed E-state index contributed by atoms with van der Waals surface area (Å²) in [5.41, 5.74) is 3.39. The topological polar surface area (TPSA) is 83.0 Å². The monoisotopic (exact) mass is 435 g/mol. The maximum Gasteiger partial charge on any atom is 0.253 e. The highest BCUT2D eigenvalue weighted by atomic mass is 32.1. The van der Waals surface area contributed by atoms with Gasteiger partial charge in [-0.2, -0.15) is 5.10 Å². The summed E-state index contributed by atoms with van der Waals surface area (Å²) < 4.78 is 2.32. The second-order valence-corrected chi connectivity index (χ2v) is 8.14. The van der Waals surface area contributed by atoms with Crippen LogP contribution in [0.25, 0.3) is 11.4 Å². The summed E-state index contributed by atoms with van der Waals surface area (Å²) in [4.78, 5) is 26.8. The predicted octanol–water partition coefficient (Wildman–Crippen LogP) is 4.18. The van der Waals surface area contributed by atoms with Gasteiger partial charge in [-0.1, -0.05) is 23.8 Å². The molecular formula is C23H25N5O2S. The number of amides is 2. The van der Waals surface area contributed by atoms with Crippen molar-refractivity contribution >= 4 is 29.7 Å². The Bertz CT molecular complexity index is 1140. The minimum Gasteiger partial charge on any atom is -0.339 e. The average molecular weight is 436 g/mol. The van der Waals surface area contributed by atoms with Crippen molar-refractivity contribution in [3.63, 3.8) is 0 Å². The van der Waals surface area contributed by atoms with E-state index in [2.05, 4.69) is 15.5 Å². The molecule has 2 amide bonds. The minimum atomic E-state index is -0.128. The number of nitrogens with one attached hydrogen (secondary N) is 2. The fourth-order valence-electron chi connectivity index (χ4n) is 3.77. The third kappa shape index (κ3) is 4.91. The molecular weight excluding hydrogens is 410 g/mol. The molecule has 0 bridgehead atoms. The van der Waals surface area contributed by atoms with Gasteiger partial charge in [0, 0.05) is 42.9 Å². The molecule has 0 radical (unpaired) electrons. The lowest BCUT2D eigenvalue weighted by atomic mass is 10.1. The Morgan fingerprint density at radius 2 is 1.87 bits per heavy atom. The lowest BCUT2D eigenvalue weighted by molar-refractivity contribution is -0.116. The fraction of sp³-hybridized carbons (Fsp3) is 0.304. The van der Waals surface area contributed by atoms with Crippen LogP contribution in [0, 0.1) is 11.7 Å². The molecule has 160 valence electrons. The van der Waals surface area contributed by atoms with E-state index in [-0.39, 0.29) is 18.2 Å². The van der Waals surface area contributed by atoms with Crippen LogP contribution in [-0.2, 0) is 11.3 Å². The normalized spacial score (nSPS) is 13.4. The molecule has 1 fully saturated rings. The summed E-state index contributed by atoms with van der Waals surface area (Å²) in [7, 11) is 0. The molecule has 3 aromatic rings. The van der Waals surface area contributed by atoms with E-state index in [4.69, 9.17) is 12.2 Å². The van der Waals surface area contributed by atoms with Crippen molar-refractivity contribution in [2.24, 2.45) is 0 Å². The average Bonchev–Trinajstić information content (AvgIpc) is 3.42. The van der Waals surface area contributed by atoms with Gasteiger partial charge < -0.3 is 10.2 Å². The van der Waals surface area contributed by atoms with Crippen LogP contribution < -0.4 is 5.32 Å². The maximum absolute atomic E-state index is 12.5. The smallest absolute Gasteiger partial charge is 0.253 e. The van der Waals surface area contributed by atoms with E-state index < -0.39 is 0 Å². The number of benzene rings is 2. The summed E-state index contributed by atoms with van der Waals surface area (Å²) in [6.45, 7) is 4.07. The zero-order valence-corrected chi connectivity index (χ0v) is 18.2. The summed E-state index contributed by atoms with van der Waals surface area (Å²) in [5.74, 6) is 0.636. The Kier molecular flexibility index (Phi) is 6.27. The molecule has 0 aliphatic carbocycles. The highest BCUT2D eigenvalue weighted by molar-refractivity contribution is 7.71. The van der Waals surface area contributed by atoms with Gasteiger partial charge in [-0.25, -0.2) is 0 Å². The first-order valence-corrected chi connectivity index (χ1v) is 10.8. The largest absolute Gasteiger partial charge is 0.339 e. The molecule has 1 aromatic heterocycles.